The molecular weight excluding hydrogens is 431 g/mol. The number of nitrogens with one attached hydrogen (secondary N) is 1. The Morgan fingerprint density at radius 1 is 1.40 bits per heavy atom. The van der Waals surface area contributed by atoms with Crippen molar-refractivity contribution in [2.45, 2.75) is 32.4 Å². The summed E-state index contributed by atoms with van der Waals surface area (Å²) in [4.78, 5) is 0. The first kappa shape index (κ1) is 15.9. The van der Waals surface area contributed by atoms with E-state index in [9.17, 15) is 0 Å². The van der Waals surface area contributed by atoms with Gasteiger partial charge in [0.25, 0.3) is 0 Å². The Labute approximate surface area is 141 Å². The number of halogens is 2. The van der Waals surface area contributed by atoms with Crippen LogP contribution in [0.25, 0.3) is 0 Å². The van der Waals surface area contributed by atoms with Crippen molar-refractivity contribution in [3.8, 4) is 0 Å². The van der Waals surface area contributed by atoms with E-state index in [1.165, 1.54) is 9.13 Å². The molecule has 0 saturated heterocycles. The highest BCUT2D eigenvalue weighted by molar-refractivity contribution is 14.1. The first-order chi connectivity index (χ1) is 9.51. The SMILES string of the molecule is CC(C)n1ccc(CC(NN)c2cc(Br)ccc2I)n1. The second-order valence-electron chi connectivity index (χ2n) is 4.97. The molecule has 2 rings (SSSR count). The van der Waals surface area contributed by atoms with Gasteiger partial charge in [-0.15, -0.1) is 0 Å². The third kappa shape index (κ3) is 3.81. The average molecular weight is 449 g/mol. The minimum Gasteiger partial charge on any atom is -0.271 e. The van der Waals surface area contributed by atoms with Crippen LogP contribution in [0.1, 0.15) is 37.2 Å². The lowest BCUT2D eigenvalue weighted by atomic mass is 10.0. The summed E-state index contributed by atoms with van der Waals surface area (Å²) < 4.78 is 4.22. The van der Waals surface area contributed by atoms with Gasteiger partial charge in [-0.05, 0) is 66.3 Å². The number of nitrogens with zero attached hydrogens (tertiary/aromatic N) is 2. The predicted molar refractivity (Wildman–Crippen MR) is 93.2 cm³/mol. The Bertz CT molecular complexity index is 582. The van der Waals surface area contributed by atoms with Crippen molar-refractivity contribution >= 4 is 38.5 Å². The monoisotopic (exact) mass is 448 g/mol. The molecule has 3 N–H and O–H groups in total. The van der Waals surface area contributed by atoms with Crippen molar-refractivity contribution in [2.24, 2.45) is 5.84 Å². The molecule has 1 unspecified atom stereocenters. The highest BCUT2D eigenvalue weighted by Crippen LogP contribution is 2.26. The van der Waals surface area contributed by atoms with Crippen LogP contribution in [0.4, 0.5) is 0 Å². The van der Waals surface area contributed by atoms with Crippen molar-refractivity contribution < 1.29 is 0 Å². The second kappa shape index (κ2) is 7.02. The molecule has 1 atom stereocenters. The highest BCUT2D eigenvalue weighted by atomic mass is 127. The first-order valence-electron chi connectivity index (χ1n) is 6.46. The van der Waals surface area contributed by atoms with Gasteiger partial charge in [0.05, 0.1) is 11.7 Å². The molecule has 0 aliphatic carbocycles. The topological polar surface area (TPSA) is 55.9 Å². The van der Waals surface area contributed by atoms with Crippen molar-refractivity contribution in [3.05, 3.63) is 49.8 Å². The van der Waals surface area contributed by atoms with Gasteiger partial charge in [-0.25, -0.2) is 0 Å². The molecule has 1 aromatic heterocycles. The Morgan fingerprint density at radius 2 is 2.15 bits per heavy atom. The van der Waals surface area contributed by atoms with E-state index in [1.54, 1.807) is 0 Å². The van der Waals surface area contributed by atoms with Gasteiger partial charge < -0.3 is 0 Å². The molecule has 108 valence electrons. The minimum atomic E-state index is 0.0508. The van der Waals surface area contributed by atoms with Gasteiger partial charge >= 0.3 is 0 Å². The summed E-state index contributed by atoms with van der Waals surface area (Å²) in [5.41, 5.74) is 5.12. The van der Waals surface area contributed by atoms with Crippen LogP contribution in [0.15, 0.2) is 34.9 Å². The lowest BCUT2D eigenvalue weighted by Gasteiger charge is -2.17. The molecular formula is C14H18BrIN4. The van der Waals surface area contributed by atoms with Crippen LogP contribution in [-0.4, -0.2) is 9.78 Å². The zero-order valence-corrected chi connectivity index (χ0v) is 15.2. The summed E-state index contributed by atoms with van der Waals surface area (Å²) in [6.07, 6.45) is 2.78. The standard InChI is InChI=1S/C14H18BrIN4/c1-9(2)20-6-5-11(19-20)8-14(18-17)12-7-10(15)3-4-13(12)16/h3-7,9,14,18H,8,17H2,1-2H3. The fourth-order valence-electron chi connectivity index (χ4n) is 2.02. The summed E-state index contributed by atoms with van der Waals surface area (Å²) in [7, 11) is 0. The van der Waals surface area contributed by atoms with Crippen molar-refractivity contribution in [1.29, 1.82) is 0 Å². The number of benzene rings is 1. The Balaban J connectivity index is 2.21. The number of aromatic nitrogens is 2. The van der Waals surface area contributed by atoms with Crippen molar-refractivity contribution in [2.75, 3.05) is 0 Å². The summed E-state index contributed by atoms with van der Waals surface area (Å²) >= 11 is 5.84. The second-order valence-corrected chi connectivity index (χ2v) is 7.05. The van der Waals surface area contributed by atoms with Crippen LogP contribution in [0, 0.1) is 3.57 Å². The van der Waals surface area contributed by atoms with E-state index in [-0.39, 0.29) is 6.04 Å². The Morgan fingerprint density at radius 3 is 2.75 bits per heavy atom. The molecule has 1 aromatic carbocycles. The number of hydrazine groups is 1. The molecule has 0 amide bonds. The molecule has 0 aliphatic heterocycles. The summed E-state index contributed by atoms with van der Waals surface area (Å²) in [6.45, 7) is 4.24. The quantitative estimate of drug-likeness (QED) is 0.417. The summed E-state index contributed by atoms with van der Waals surface area (Å²) in [5, 5.41) is 4.58. The highest BCUT2D eigenvalue weighted by Gasteiger charge is 2.16. The zero-order chi connectivity index (χ0) is 14.7. The van der Waals surface area contributed by atoms with Crippen LogP contribution in [0.3, 0.4) is 0 Å². The molecule has 0 aliphatic rings. The first-order valence-corrected chi connectivity index (χ1v) is 8.33. The molecule has 20 heavy (non-hydrogen) atoms. The Hall–Kier alpha value is -0.440. The molecule has 6 heteroatoms. The van der Waals surface area contributed by atoms with E-state index in [0.717, 1.165) is 16.6 Å². The molecule has 0 fully saturated rings. The maximum Gasteiger partial charge on any atom is 0.0644 e. The number of nitrogens with two attached hydrogens (primary N) is 1. The minimum absolute atomic E-state index is 0.0508. The number of hydrogen-bond donors (Lipinski definition) is 2. The van der Waals surface area contributed by atoms with Crippen molar-refractivity contribution in [1.82, 2.24) is 15.2 Å². The zero-order valence-electron chi connectivity index (χ0n) is 11.5. The number of hydrogen-bond acceptors (Lipinski definition) is 3. The van der Waals surface area contributed by atoms with Crippen molar-refractivity contribution in [3.63, 3.8) is 0 Å². The van der Waals surface area contributed by atoms with Crippen LogP contribution >= 0.6 is 38.5 Å². The molecule has 1 heterocycles. The van der Waals surface area contributed by atoms with E-state index < -0.39 is 0 Å². The average Bonchev–Trinajstić information content (AvgIpc) is 2.88. The molecule has 2 aromatic rings. The van der Waals surface area contributed by atoms with E-state index in [1.807, 2.05) is 16.9 Å². The van der Waals surface area contributed by atoms with Crippen LogP contribution in [0.5, 0.6) is 0 Å². The fourth-order valence-corrected chi connectivity index (χ4v) is 3.11. The maximum atomic E-state index is 5.73. The molecule has 0 spiro atoms. The van der Waals surface area contributed by atoms with Crippen LogP contribution in [-0.2, 0) is 6.42 Å². The van der Waals surface area contributed by atoms with E-state index in [4.69, 9.17) is 5.84 Å². The third-order valence-corrected chi connectivity index (χ3v) is 4.62. The normalized spacial score (nSPS) is 12.9. The lowest BCUT2D eigenvalue weighted by molar-refractivity contribution is 0.506. The van der Waals surface area contributed by atoms with Crippen LogP contribution in [0.2, 0.25) is 0 Å². The largest absolute Gasteiger partial charge is 0.271 e. The van der Waals surface area contributed by atoms with Gasteiger partial charge in [0, 0.05) is 26.7 Å². The smallest absolute Gasteiger partial charge is 0.0644 e. The van der Waals surface area contributed by atoms with E-state index >= 15 is 0 Å². The van der Waals surface area contributed by atoms with Crippen LogP contribution < -0.4 is 11.3 Å². The van der Waals surface area contributed by atoms with Gasteiger partial charge in [-0.2, -0.15) is 5.10 Å². The van der Waals surface area contributed by atoms with Gasteiger partial charge in [-0.3, -0.25) is 16.0 Å². The van der Waals surface area contributed by atoms with Gasteiger partial charge in [-0.1, -0.05) is 15.9 Å². The Kier molecular flexibility index (Phi) is 5.59. The molecule has 4 nitrogen and oxygen atoms in total. The fraction of sp³-hybridized carbons (Fsp3) is 0.357. The summed E-state index contributed by atoms with van der Waals surface area (Å²) in [5.74, 6) is 5.73. The molecule has 0 bridgehead atoms. The third-order valence-electron chi connectivity index (χ3n) is 3.14. The molecule has 0 radical (unpaired) electrons. The maximum absolute atomic E-state index is 5.73. The van der Waals surface area contributed by atoms with E-state index in [2.05, 4.69) is 81.1 Å². The predicted octanol–water partition coefficient (Wildman–Crippen LogP) is 3.58. The van der Waals surface area contributed by atoms with Gasteiger partial charge in [0.1, 0.15) is 0 Å². The lowest BCUT2D eigenvalue weighted by Crippen LogP contribution is -2.30. The summed E-state index contributed by atoms with van der Waals surface area (Å²) in [6, 6.07) is 8.69. The molecule has 0 saturated carbocycles. The van der Waals surface area contributed by atoms with E-state index in [0.29, 0.717) is 6.04 Å². The number of rotatable bonds is 5. The van der Waals surface area contributed by atoms with Gasteiger partial charge in [0.2, 0.25) is 0 Å². The van der Waals surface area contributed by atoms with Gasteiger partial charge in [0.15, 0.2) is 0 Å².